The van der Waals surface area contributed by atoms with Gasteiger partial charge in [0.1, 0.15) is 17.7 Å². The maximum atomic E-state index is 14.6. The summed E-state index contributed by atoms with van der Waals surface area (Å²) in [6.07, 6.45) is 4.20. The molecule has 10 nitrogen and oxygen atoms in total. The number of likely N-dealkylation sites (tertiary alicyclic amines) is 1. The molecule has 2 N–H and O–H groups in total. The first-order valence-electron chi connectivity index (χ1n) is 14.8. The molecule has 3 heterocycles. The molecule has 11 heteroatoms. The lowest BCUT2D eigenvalue weighted by Gasteiger charge is -2.38. The fraction of sp³-hybridized carbons (Fsp3) is 0.424. The average Bonchev–Trinajstić information content (AvgIpc) is 3.49. The van der Waals surface area contributed by atoms with Crippen LogP contribution in [0, 0.1) is 5.82 Å². The van der Waals surface area contributed by atoms with Crippen molar-refractivity contribution in [3.63, 3.8) is 0 Å². The van der Waals surface area contributed by atoms with E-state index in [9.17, 15) is 18.8 Å². The van der Waals surface area contributed by atoms with E-state index in [1.165, 1.54) is 19.2 Å². The number of aromatic nitrogens is 1. The molecule has 1 saturated heterocycles. The molecule has 5 rings (SSSR count). The first kappa shape index (κ1) is 30.9. The third kappa shape index (κ3) is 7.50. The van der Waals surface area contributed by atoms with Gasteiger partial charge in [-0.3, -0.25) is 14.4 Å². The van der Waals surface area contributed by atoms with Crippen LogP contribution in [0.5, 0.6) is 17.2 Å². The molecule has 0 saturated carbocycles. The Kier molecular flexibility index (Phi) is 9.12. The number of benzene rings is 2. The minimum absolute atomic E-state index is 0.130. The number of amides is 3. The van der Waals surface area contributed by atoms with Gasteiger partial charge in [-0.15, -0.1) is 0 Å². The first-order valence-corrected chi connectivity index (χ1v) is 14.8. The molecule has 4 bridgehead atoms. The van der Waals surface area contributed by atoms with Gasteiger partial charge >= 0.3 is 0 Å². The summed E-state index contributed by atoms with van der Waals surface area (Å²) < 4.78 is 34.1. The number of piperidine rings is 1. The lowest BCUT2D eigenvalue weighted by molar-refractivity contribution is -0.125. The summed E-state index contributed by atoms with van der Waals surface area (Å²) in [6, 6.07) is 10.8. The highest BCUT2D eigenvalue weighted by atomic mass is 19.1. The lowest BCUT2D eigenvalue weighted by Crippen LogP contribution is -2.58. The molecule has 0 aliphatic carbocycles. The fourth-order valence-electron chi connectivity index (χ4n) is 5.41. The van der Waals surface area contributed by atoms with E-state index in [-0.39, 0.29) is 49.2 Å². The molecule has 2 aliphatic rings. The second-order valence-corrected chi connectivity index (χ2v) is 12.2. The number of carbonyl (C=O) groups excluding carboxylic acids is 3. The number of nitrogens with one attached hydrogen (secondary N) is 2. The van der Waals surface area contributed by atoms with Crippen molar-refractivity contribution < 1.29 is 33.0 Å². The van der Waals surface area contributed by atoms with E-state index in [0.29, 0.717) is 42.0 Å². The Morgan fingerprint density at radius 1 is 1.05 bits per heavy atom. The van der Waals surface area contributed by atoms with E-state index in [1.807, 2.05) is 23.0 Å². The first-order chi connectivity index (χ1) is 21.0. The van der Waals surface area contributed by atoms with Crippen molar-refractivity contribution in [2.75, 3.05) is 26.8 Å². The van der Waals surface area contributed by atoms with E-state index in [1.54, 1.807) is 29.2 Å². The molecule has 0 spiro atoms. The Balaban J connectivity index is 1.41. The van der Waals surface area contributed by atoms with Crippen LogP contribution in [0.2, 0.25) is 0 Å². The molecular weight excluding hydrogens is 567 g/mol. The van der Waals surface area contributed by atoms with Crippen molar-refractivity contribution in [2.24, 2.45) is 0 Å². The number of hydrogen-bond donors (Lipinski definition) is 2. The molecule has 44 heavy (non-hydrogen) atoms. The van der Waals surface area contributed by atoms with Gasteiger partial charge < -0.3 is 34.3 Å². The zero-order valence-corrected chi connectivity index (χ0v) is 25.5. The highest BCUT2D eigenvalue weighted by Gasteiger charge is 2.35. The third-order valence-electron chi connectivity index (χ3n) is 7.83. The van der Waals surface area contributed by atoms with Crippen LogP contribution in [0.15, 0.2) is 54.9 Å². The van der Waals surface area contributed by atoms with Crippen LogP contribution < -0.4 is 24.8 Å². The van der Waals surface area contributed by atoms with Crippen molar-refractivity contribution in [1.29, 1.82) is 0 Å². The minimum atomic E-state index is -0.605. The molecule has 0 unspecified atom stereocenters. The van der Waals surface area contributed by atoms with E-state index in [4.69, 9.17) is 14.2 Å². The minimum Gasteiger partial charge on any atom is -0.493 e. The molecule has 3 amide bonds. The van der Waals surface area contributed by atoms with Crippen LogP contribution in [0.4, 0.5) is 4.39 Å². The number of halogens is 1. The van der Waals surface area contributed by atoms with Crippen LogP contribution in [-0.2, 0) is 28.1 Å². The van der Waals surface area contributed by atoms with Gasteiger partial charge in [0, 0.05) is 56.5 Å². The Bertz CT molecular complexity index is 1530. The summed E-state index contributed by atoms with van der Waals surface area (Å²) in [4.78, 5) is 41.0. The average molecular weight is 607 g/mol. The molecule has 2 atom stereocenters. The Hall–Kier alpha value is -4.54. The van der Waals surface area contributed by atoms with Gasteiger partial charge in [-0.25, -0.2) is 4.39 Å². The predicted molar refractivity (Wildman–Crippen MR) is 161 cm³/mol. The summed E-state index contributed by atoms with van der Waals surface area (Å²) >= 11 is 0. The van der Waals surface area contributed by atoms with Crippen LogP contribution in [0.25, 0.3) is 0 Å². The largest absolute Gasteiger partial charge is 0.493 e. The second-order valence-electron chi connectivity index (χ2n) is 12.2. The number of nitrogens with zero attached hydrogens (tertiary/aromatic N) is 2. The quantitative estimate of drug-likeness (QED) is 0.459. The van der Waals surface area contributed by atoms with Gasteiger partial charge in [0.05, 0.1) is 18.7 Å². The Morgan fingerprint density at radius 3 is 2.61 bits per heavy atom. The lowest BCUT2D eigenvalue weighted by atomic mass is 10.0. The molecule has 234 valence electrons. The summed E-state index contributed by atoms with van der Waals surface area (Å²) in [5.41, 5.74) is 1.76. The number of carbonyl (C=O) groups is 3. The van der Waals surface area contributed by atoms with Crippen LogP contribution >= 0.6 is 0 Å². The third-order valence-corrected chi connectivity index (χ3v) is 7.83. The van der Waals surface area contributed by atoms with E-state index in [0.717, 1.165) is 5.56 Å². The SMILES string of the molecule is COc1ccc2cc1OCC(=O)N[C@@H]1CN(C(=O)c3ccn(C(C)(C)C)c3)CC[C@H]1Oc1cc(F)cc(c1)CNC(=O)CC2. The zero-order chi connectivity index (χ0) is 31.4. The Labute approximate surface area is 256 Å². The van der Waals surface area contributed by atoms with Gasteiger partial charge in [-0.2, -0.15) is 0 Å². The maximum absolute atomic E-state index is 14.6. The highest BCUT2D eigenvalue weighted by molar-refractivity contribution is 5.94. The molecule has 2 aliphatic heterocycles. The van der Waals surface area contributed by atoms with Gasteiger partial charge in [0.25, 0.3) is 11.8 Å². The van der Waals surface area contributed by atoms with Crippen LogP contribution in [0.3, 0.4) is 0 Å². The standard InChI is InChI=1S/C33H39FN4O6/c1-33(2,3)38-12-9-23(18-38)32(41)37-11-10-27-26(19-37)36-31(40)20-43-29-15-21(5-7-28(29)42-4)6-8-30(39)35-17-22-13-24(34)16-25(14-22)44-27/h5,7,9,12-16,18,26-27H,6,8,10-11,17,19-20H2,1-4H3,(H,35,39)(H,36,40)/t26-,27-/m1/s1. The van der Waals surface area contributed by atoms with Crippen molar-refractivity contribution in [3.05, 3.63) is 77.4 Å². The van der Waals surface area contributed by atoms with Crippen molar-refractivity contribution in [3.8, 4) is 17.2 Å². The number of fused-ring (bicyclic) bond motifs is 5. The molecule has 3 aromatic rings. The van der Waals surface area contributed by atoms with Gasteiger partial charge in [0.15, 0.2) is 18.1 Å². The number of hydrogen-bond acceptors (Lipinski definition) is 6. The van der Waals surface area contributed by atoms with Crippen LogP contribution in [0.1, 0.15) is 55.1 Å². The molecule has 1 fully saturated rings. The molecule has 2 aromatic carbocycles. The van der Waals surface area contributed by atoms with E-state index < -0.39 is 23.9 Å². The molecular formula is C33H39FN4O6. The maximum Gasteiger partial charge on any atom is 0.258 e. The van der Waals surface area contributed by atoms with Gasteiger partial charge in [-0.1, -0.05) is 6.07 Å². The monoisotopic (exact) mass is 606 g/mol. The molecule has 0 radical (unpaired) electrons. The summed E-state index contributed by atoms with van der Waals surface area (Å²) in [5.74, 6) is -0.145. The fourth-order valence-corrected chi connectivity index (χ4v) is 5.41. The van der Waals surface area contributed by atoms with Gasteiger partial charge in [0.2, 0.25) is 5.91 Å². The van der Waals surface area contributed by atoms with Crippen molar-refractivity contribution >= 4 is 17.7 Å². The second kappa shape index (κ2) is 13.0. The van der Waals surface area contributed by atoms with E-state index in [2.05, 4.69) is 31.4 Å². The topological polar surface area (TPSA) is 111 Å². The number of rotatable bonds is 2. The van der Waals surface area contributed by atoms with Crippen molar-refractivity contribution in [1.82, 2.24) is 20.1 Å². The normalized spacial score (nSPS) is 19.7. The number of aryl methyl sites for hydroxylation is 1. The predicted octanol–water partition coefficient (Wildman–Crippen LogP) is 3.81. The Morgan fingerprint density at radius 2 is 1.86 bits per heavy atom. The highest BCUT2D eigenvalue weighted by Crippen LogP contribution is 2.29. The summed E-state index contributed by atoms with van der Waals surface area (Å²) in [6.45, 7) is 6.56. The summed E-state index contributed by atoms with van der Waals surface area (Å²) in [7, 11) is 1.51. The van der Waals surface area contributed by atoms with Crippen LogP contribution in [-0.4, -0.2) is 66.1 Å². The summed E-state index contributed by atoms with van der Waals surface area (Å²) in [5, 5.41) is 5.82. The number of ether oxygens (including phenoxy) is 3. The van der Waals surface area contributed by atoms with E-state index >= 15 is 0 Å². The van der Waals surface area contributed by atoms with Gasteiger partial charge in [-0.05, 0) is 68.7 Å². The molecule has 1 aromatic heterocycles. The number of methoxy groups -OCH3 is 1. The zero-order valence-electron chi connectivity index (χ0n) is 25.5. The van der Waals surface area contributed by atoms with Crippen molar-refractivity contribution in [2.45, 2.75) is 64.3 Å². The smallest absolute Gasteiger partial charge is 0.258 e.